The first-order chi connectivity index (χ1) is 10.6. The maximum atomic E-state index is 12.3. The Balaban J connectivity index is 1.77. The molecule has 1 aromatic carbocycles. The summed E-state index contributed by atoms with van der Waals surface area (Å²) in [5.41, 5.74) is 1.02. The quantitative estimate of drug-likeness (QED) is 0.848. The maximum Gasteiger partial charge on any atom is 0.308 e. The monoisotopic (exact) mass is 304 g/mol. The molecule has 1 unspecified atom stereocenters. The van der Waals surface area contributed by atoms with Gasteiger partial charge in [-0.2, -0.15) is 0 Å². The van der Waals surface area contributed by atoms with E-state index in [9.17, 15) is 9.59 Å². The van der Waals surface area contributed by atoms with Gasteiger partial charge in [0.05, 0.1) is 13.0 Å². The third kappa shape index (κ3) is 4.48. The van der Waals surface area contributed by atoms with Gasteiger partial charge in [-0.3, -0.25) is 9.59 Å². The first kappa shape index (κ1) is 16.3. The minimum atomic E-state index is -0.161. The van der Waals surface area contributed by atoms with E-state index in [1.165, 1.54) is 7.11 Å². The van der Waals surface area contributed by atoms with Gasteiger partial charge in [0.2, 0.25) is 5.91 Å². The summed E-state index contributed by atoms with van der Waals surface area (Å²) in [5.74, 6) is -0.0839. The molecule has 1 atom stereocenters. The number of carbonyl (C=O) groups is 2. The van der Waals surface area contributed by atoms with Gasteiger partial charge in [0, 0.05) is 31.2 Å². The van der Waals surface area contributed by atoms with Gasteiger partial charge in [-0.25, -0.2) is 0 Å². The standard InChI is InChI=1S/C17H24N2O3/c1-13(18-15-6-4-3-5-7-15)12-16(20)19-10-8-14(9-11-19)17(21)22-2/h3-7,13-14,18H,8-12H2,1-2H3. The van der Waals surface area contributed by atoms with Crippen molar-refractivity contribution in [2.45, 2.75) is 32.2 Å². The van der Waals surface area contributed by atoms with Crippen LogP contribution in [-0.2, 0) is 14.3 Å². The summed E-state index contributed by atoms with van der Waals surface area (Å²) in [7, 11) is 1.41. The van der Waals surface area contributed by atoms with Crippen LogP contribution in [0.4, 0.5) is 5.69 Å². The van der Waals surface area contributed by atoms with Gasteiger partial charge in [-0.15, -0.1) is 0 Å². The molecule has 0 aliphatic carbocycles. The third-order valence-corrected chi connectivity index (χ3v) is 4.05. The van der Waals surface area contributed by atoms with Crippen LogP contribution in [0, 0.1) is 5.92 Å². The topological polar surface area (TPSA) is 58.6 Å². The summed E-state index contributed by atoms with van der Waals surface area (Å²) >= 11 is 0. The van der Waals surface area contributed by atoms with Crippen molar-refractivity contribution in [2.75, 3.05) is 25.5 Å². The summed E-state index contributed by atoms with van der Waals surface area (Å²) in [6.45, 7) is 3.28. The Kier molecular flexibility index (Phi) is 5.81. The molecule has 1 heterocycles. The Morgan fingerprint density at radius 3 is 2.50 bits per heavy atom. The van der Waals surface area contributed by atoms with E-state index in [-0.39, 0.29) is 23.8 Å². The van der Waals surface area contributed by atoms with E-state index in [0.717, 1.165) is 5.69 Å². The van der Waals surface area contributed by atoms with Gasteiger partial charge in [-0.1, -0.05) is 18.2 Å². The number of para-hydroxylation sites is 1. The first-order valence-corrected chi connectivity index (χ1v) is 7.77. The second-order valence-corrected chi connectivity index (χ2v) is 5.79. The second-order valence-electron chi connectivity index (χ2n) is 5.79. The fourth-order valence-electron chi connectivity index (χ4n) is 2.79. The number of rotatable bonds is 5. The number of hydrogen-bond donors (Lipinski definition) is 1. The zero-order chi connectivity index (χ0) is 15.9. The Bertz CT molecular complexity index is 496. The van der Waals surface area contributed by atoms with E-state index in [0.29, 0.717) is 32.4 Å². The van der Waals surface area contributed by atoms with Gasteiger partial charge < -0.3 is 15.0 Å². The fraction of sp³-hybridized carbons (Fsp3) is 0.529. The van der Waals surface area contributed by atoms with Crippen LogP contribution in [-0.4, -0.2) is 43.0 Å². The van der Waals surface area contributed by atoms with Gasteiger partial charge in [0.25, 0.3) is 0 Å². The van der Waals surface area contributed by atoms with Gasteiger partial charge in [0.1, 0.15) is 0 Å². The smallest absolute Gasteiger partial charge is 0.308 e. The van der Waals surface area contributed by atoms with E-state index in [2.05, 4.69) is 5.32 Å². The number of nitrogens with zero attached hydrogens (tertiary/aromatic N) is 1. The third-order valence-electron chi connectivity index (χ3n) is 4.05. The SMILES string of the molecule is COC(=O)C1CCN(C(=O)CC(C)Nc2ccccc2)CC1. The Morgan fingerprint density at radius 2 is 1.91 bits per heavy atom. The average Bonchev–Trinajstić information content (AvgIpc) is 2.55. The number of benzene rings is 1. The highest BCUT2D eigenvalue weighted by atomic mass is 16.5. The average molecular weight is 304 g/mol. The largest absolute Gasteiger partial charge is 0.469 e. The van der Waals surface area contributed by atoms with Crippen LogP contribution < -0.4 is 5.32 Å². The van der Waals surface area contributed by atoms with Crippen molar-refractivity contribution in [3.05, 3.63) is 30.3 Å². The second kappa shape index (κ2) is 7.82. The van der Waals surface area contributed by atoms with Crippen LogP contribution in [0.1, 0.15) is 26.2 Å². The number of methoxy groups -OCH3 is 1. The molecule has 1 fully saturated rings. The van der Waals surface area contributed by atoms with E-state index in [4.69, 9.17) is 4.74 Å². The van der Waals surface area contributed by atoms with Crippen molar-refractivity contribution in [3.8, 4) is 0 Å². The lowest BCUT2D eigenvalue weighted by Crippen LogP contribution is -2.42. The van der Waals surface area contributed by atoms with Crippen molar-refractivity contribution in [1.82, 2.24) is 4.90 Å². The van der Waals surface area contributed by atoms with E-state index < -0.39 is 0 Å². The lowest BCUT2D eigenvalue weighted by molar-refractivity contribution is -0.148. The van der Waals surface area contributed by atoms with Crippen molar-refractivity contribution >= 4 is 17.6 Å². The highest BCUT2D eigenvalue weighted by Crippen LogP contribution is 2.19. The van der Waals surface area contributed by atoms with Gasteiger partial charge >= 0.3 is 5.97 Å². The van der Waals surface area contributed by atoms with Crippen molar-refractivity contribution < 1.29 is 14.3 Å². The summed E-state index contributed by atoms with van der Waals surface area (Å²) in [6, 6.07) is 9.95. The molecule has 0 aromatic heterocycles. The number of amides is 1. The van der Waals surface area contributed by atoms with Gasteiger partial charge in [0.15, 0.2) is 0 Å². The summed E-state index contributed by atoms with van der Waals surface area (Å²) in [4.78, 5) is 25.7. The molecule has 22 heavy (non-hydrogen) atoms. The predicted molar refractivity (Wildman–Crippen MR) is 85.5 cm³/mol. The molecule has 1 N–H and O–H groups in total. The molecular formula is C17H24N2O3. The van der Waals surface area contributed by atoms with Crippen LogP contribution in [0.2, 0.25) is 0 Å². The molecule has 1 aliphatic rings. The summed E-state index contributed by atoms with van der Waals surface area (Å²) < 4.78 is 4.76. The van der Waals surface area contributed by atoms with Crippen LogP contribution in [0.5, 0.6) is 0 Å². The fourth-order valence-corrected chi connectivity index (χ4v) is 2.79. The molecule has 0 radical (unpaired) electrons. The molecule has 120 valence electrons. The minimum Gasteiger partial charge on any atom is -0.469 e. The minimum absolute atomic E-state index is 0.0612. The molecule has 5 heteroatoms. The van der Waals surface area contributed by atoms with E-state index >= 15 is 0 Å². The Hall–Kier alpha value is -2.04. The number of nitrogens with one attached hydrogen (secondary N) is 1. The number of carbonyl (C=O) groups excluding carboxylic acids is 2. The van der Waals surface area contributed by atoms with E-state index in [1.807, 2.05) is 42.2 Å². The molecule has 2 rings (SSSR count). The van der Waals surface area contributed by atoms with Crippen LogP contribution in [0.3, 0.4) is 0 Å². The highest BCUT2D eigenvalue weighted by Gasteiger charge is 2.28. The number of anilines is 1. The zero-order valence-electron chi connectivity index (χ0n) is 13.2. The molecule has 1 aliphatic heterocycles. The number of esters is 1. The predicted octanol–water partition coefficient (Wildman–Crippen LogP) is 2.29. The number of piperidine rings is 1. The maximum absolute atomic E-state index is 12.3. The van der Waals surface area contributed by atoms with E-state index in [1.54, 1.807) is 0 Å². The number of ether oxygens (including phenoxy) is 1. The first-order valence-electron chi connectivity index (χ1n) is 7.77. The molecule has 5 nitrogen and oxygen atoms in total. The number of likely N-dealkylation sites (tertiary alicyclic amines) is 1. The van der Waals surface area contributed by atoms with Crippen molar-refractivity contribution in [3.63, 3.8) is 0 Å². The van der Waals surface area contributed by atoms with Crippen molar-refractivity contribution in [2.24, 2.45) is 5.92 Å². The molecule has 1 amide bonds. The van der Waals surface area contributed by atoms with Crippen LogP contribution in [0.25, 0.3) is 0 Å². The number of hydrogen-bond acceptors (Lipinski definition) is 4. The molecule has 1 saturated heterocycles. The molecule has 0 saturated carbocycles. The molecule has 1 aromatic rings. The normalized spacial score (nSPS) is 16.9. The van der Waals surface area contributed by atoms with Crippen molar-refractivity contribution in [1.29, 1.82) is 0 Å². The lowest BCUT2D eigenvalue weighted by atomic mass is 9.96. The van der Waals surface area contributed by atoms with Gasteiger partial charge in [-0.05, 0) is 31.9 Å². The molecule has 0 spiro atoms. The molecular weight excluding hydrogens is 280 g/mol. The Morgan fingerprint density at radius 1 is 1.27 bits per heavy atom. The lowest BCUT2D eigenvalue weighted by Gasteiger charge is -2.31. The van der Waals surface area contributed by atoms with Crippen LogP contribution >= 0.6 is 0 Å². The summed E-state index contributed by atoms with van der Waals surface area (Å²) in [6.07, 6.45) is 1.84. The Labute approximate surface area is 131 Å². The van der Waals surface area contributed by atoms with Crippen LogP contribution in [0.15, 0.2) is 30.3 Å². The highest BCUT2D eigenvalue weighted by molar-refractivity contribution is 5.78. The zero-order valence-corrected chi connectivity index (χ0v) is 13.2. The summed E-state index contributed by atoms with van der Waals surface area (Å²) in [5, 5.41) is 3.33. The molecule has 0 bridgehead atoms.